The molecule has 0 atom stereocenters. The van der Waals surface area contributed by atoms with Crippen molar-refractivity contribution in [3.63, 3.8) is 0 Å². The molecule has 1 heterocycles. The van der Waals surface area contributed by atoms with E-state index in [4.69, 9.17) is 25.8 Å². The van der Waals surface area contributed by atoms with Gasteiger partial charge in [-0.3, -0.25) is 4.79 Å². The summed E-state index contributed by atoms with van der Waals surface area (Å²) in [5.41, 5.74) is 4.73. The van der Waals surface area contributed by atoms with Gasteiger partial charge in [0.1, 0.15) is 6.61 Å². The highest BCUT2D eigenvalue weighted by Crippen LogP contribution is 2.44. The molecule has 7 heteroatoms. The largest absolute Gasteiger partial charge is 0.493 e. The van der Waals surface area contributed by atoms with Crippen LogP contribution in [0, 0.1) is 6.92 Å². The maximum atomic E-state index is 11.7. The summed E-state index contributed by atoms with van der Waals surface area (Å²) >= 11 is 6.31. The van der Waals surface area contributed by atoms with Crippen LogP contribution >= 0.6 is 11.6 Å². The van der Waals surface area contributed by atoms with Crippen LogP contribution in [0.15, 0.2) is 54.6 Å². The summed E-state index contributed by atoms with van der Waals surface area (Å²) in [6.45, 7) is 2.25. The number of aromatic amines is 1. The van der Waals surface area contributed by atoms with Gasteiger partial charge in [0.25, 0.3) is 0 Å². The number of aromatic nitrogens is 1. The lowest BCUT2D eigenvalue weighted by Crippen LogP contribution is -2.02. The van der Waals surface area contributed by atoms with Crippen LogP contribution < -0.4 is 14.2 Å². The smallest absolute Gasteiger partial charge is 0.307 e. The summed E-state index contributed by atoms with van der Waals surface area (Å²) in [4.78, 5) is 15.0. The van der Waals surface area contributed by atoms with Crippen LogP contribution in [0.5, 0.6) is 17.2 Å². The average Bonchev–Trinajstić information content (AvgIpc) is 3.18. The second-order valence-corrected chi connectivity index (χ2v) is 8.04. The minimum absolute atomic E-state index is 0.146. The number of carboxylic acids is 1. The van der Waals surface area contributed by atoms with Gasteiger partial charge >= 0.3 is 5.97 Å². The van der Waals surface area contributed by atoms with Crippen molar-refractivity contribution in [2.24, 2.45) is 0 Å². The van der Waals surface area contributed by atoms with Gasteiger partial charge in [0.15, 0.2) is 11.5 Å². The van der Waals surface area contributed by atoms with E-state index in [0.29, 0.717) is 40.1 Å². The molecule has 0 radical (unpaired) electrons. The van der Waals surface area contributed by atoms with Crippen LogP contribution in [-0.4, -0.2) is 30.3 Å². The molecule has 0 amide bonds. The molecule has 6 nitrogen and oxygen atoms in total. The van der Waals surface area contributed by atoms with Gasteiger partial charge < -0.3 is 24.3 Å². The van der Waals surface area contributed by atoms with E-state index >= 15 is 0 Å². The molecule has 2 N–H and O–H groups in total. The zero-order valence-electron chi connectivity index (χ0n) is 18.6. The van der Waals surface area contributed by atoms with Gasteiger partial charge in [0.05, 0.1) is 31.9 Å². The van der Waals surface area contributed by atoms with E-state index in [9.17, 15) is 9.90 Å². The molecule has 33 heavy (non-hydrogen) atoms. The van der Waals surface area contributed by atoms with Crippen molar-refractivity contribution in [1.82, 2.24) is 4.98 Å². The molecule has 0 spiro atoms. The molecule has 0 fully saturated rings. The number of aliphatic carboxylic acids is 1. The Bertz CT molecular complexity index is 1290. The number of nitrogens with one attached hydrogen (secondary N) is 1. The molecule has 0 bridgehead atoms. The summed E-state index contributed by atoms with van der Waals surface area (Å²) in [5.74, 6) is 0.513. The monoisotopic (exact) mass is 465 g/mol. The SMILES string of the molecule is COc1cc(-c2[nH]c3c(C)c(Cl)ccc3c2CC(=O)O)cc(OC)c1OCc1ccccc1. The Morgan fingerprint density at radius 3 is 2.30 bits per heavy atom. The van der Waals surface area contributed by atoms with Gasteiger partial charge in [0, 0.05) is 16.0 Å². The fourth-order valence-corrected chi connectivity index (χ4v) is 4.07. The van der Waals surface area contributed by atoms with E-state index in [0.717, 1.165) is 27.6 Å². The average molecular weight is 466 g/mol. The second kappa shape index (κ2) is 9.46. The Morgan fingerprint density at radius 2 is 1.70 bits per heavy atom. The molecule has 0 aliphatic heterocycles. The van der Waals surface area contributed by atoms with Crippen molar-refractivity contribution in [3.05, 3.63) is 76.3 Å². The van der Waals surface area contributed by atoms with Crippen LogP contribution in [0.3, 0.4) is 0 Å². The molecule has 0 aliphatic rings. The second-order valence-electron chi connectivity index (χ2n) is 7.63. The summed E-state index contributed by atoms with van der Waals surface area (Å²) in [5, 5.41) is 11.0. The topological polar surface area (TPSA) is 80.8 Å². The fraction of sp³-hybridized carbons (Fsp3) is 0.192. The summed E-state index contributed by atoms with van der Waals surface area (Å²) in [6.07, 6.45) is -0.146. The lowest BCUT2D eigenvalue weighted by atomic mass is 10.0. The highest BCUT2D eigenvalue weighted by atomic mass is 35.5. The van der Waals surface area contributed by atoms with Crippen LogP contribution in [0.1, 0.15) is 16.7 Å². The first-order valence-corrected chi connectivity index (χ1v) is 10.7. The van der Waals surface area contributed by atoms with Crippen LogP contribution in [0.2, 0.25) is 5.02 Å². The van der Waals surface area contributed by atoms with Gasteiger partial charge in [-0.1, -0.05) is 48.0 Å². The molecule has 0 saturated carbocycles. The number of aryl methyl sites for hydroxylation is 1. The van der Waals surface area contributed by atoms with Gasteiger partial charge in [-0.2, -0.15) is 0 Å². The highest BCUT2D eigenvalue weighted by molar-refractivity contribution is 6.32. The third-order valence-corrected chi connectivity index (χ3v) is 5.99. The number of carboxylic acid groups (broad SMARTS) is 1. The molecule has 0 saturated heterocycles. The first-order chi connectivity index (χ1) is 15.9. The molecule has 4 rings (SSSR count). The minimum Gasteiger partial charge on any atom is -0.493 e. The van der Waals surface area contributed by atoms with E-state index in [1.54, 1.807) is 20.3 Å². The minimum atomic E-state index is -0.925. The zero-order valence-corrected chi connectivity index (χ0v) is 19.3. The third kappa shape index (κ3) is 4.47. The Morgan fingerprint density at radius 1 is 1.03 bits per heavy atom. The number of carbonyl (C=O) groups is 1. The summed E-state index contributed by atoms with van der Waals surface area (Å²) in [6, 6.07) is 17.1. The first-order valence-electron chi connectivity index (χ1n) is 10.4. The van der Waals surface area contributed by atoms with Crippen molar-refractivity contribution in [2.45, 2.75) is 20.0 Å². The molecule has 0 aliphatic carbocycles. The molecule has 3 aromatic carbocycles. The Labute approximate surface area is 196 Å². The number of methoxy groups -OCH3 is 2. The maximum Gasteiger partial charge on any atom is 0.307 e. The van der Waals surface area contributed by atoms with E-state index in [2.05, 4.69) is 4.98 Å². The predicted octanol–water partition coefficient (Wildman–Crippen LogP) is 6.02. The quantitative estimate of drug-likeness (QED) is 0.332. The third-order valence-electron chi connectivity index (χ3n) is 5.58. The van der Waals surface area contributed by atoms with Crippen molar-refractivity contribution < 1.29 is 24.1 Å². The van der Waals surface area contributed by atoms with Gasteiger partial charge in [-0.05, 0) is 41.8 Å². The lowest BCUT2D eigenvalue weighted by molar-refractivity contribution is -0.136. The van der Waals surface area contributed by atoms with Crippen molar-refractivity contribution in [1.29, 1.82) is 0 Å². The zero-order chi connectivity index (χ0) is 23.5. The number of benzene rings is 3. The molecular weight excluding hydrogens is 442 g/mol. The molecule has 170 valence electrons. The van der Waals surface area contributed by atoms with Crippen molar-refractivity contribution in [2.75, 3.05) is 14.2 Å². The van der Waals surface area contributed by atoms with Gasteiger partial charge in [-0.15, -0.1) is 0 Å². The number of hydrogen-bond acceptors (Lipinski definition) is 4. The lowest BCUT2D eigenvalue weighted by Gasteiger charge is -2.16. The Hall–Kier alpha value is -3.64. The van der Waals surface area contributed by atoms with Crippen LogP contribution in [-0.2, 0) is 17.8 Å². The number of halogens is 1. The van der Waals surface area contributed by atoms with Crippen molar-refractivity contribution >= 4 is 28.5 Å². The normalized spacial score (nSPS) is 10.9. The van der Waals surface area contributed by atoms with Crippen LogP contribution in [0.4, 0.5) is 0 Å². The molecule has 1 aromatic heterocycles. The van der Waals surface area contributed by atoms with E-state index in [1.807, 2.05) is 55.5 Å². The number of ether oxygens (including phenoxy) is 3. The highest BCUT2D eigenvalue weighted by Gasteiger charge is 2.21. The molecule has 4 aromatic rings. The van der Waals surface area contributed by atoms with E-state index in [1.165, 1.54) is 0 Å². The first kappa shape index (κ1) is 22.6. The maximum absolute atomic E-state index is 11.7. The van der Waals surface area contributed by atoms with Gasteiger partial charge in [0.2, 0.25) is 5.75 Å². The number of fused-ring (bicyclic) bond motifs is 1. The Balaban J connectivity index is 1.83. The molecule has 0 unspecified atom stereocenters. The standard InChI is InChI=1S/C26H24ClNO5/c1-15-20(27)10-9-18-19(13-23(29)30)25(28-24(15)18)17-11-21(31-2)26(22(12-17)32-3)33-14-16-7-5-4-6-8-16/h4-12,28H,13-14H2,1-3H3,(H,29,30). The number of hydrogen-bond donors (Lipinski definition) is 2. The van der Waals surface area contributed by atoms with E-state index < -0.39 is 5.97 Å². The predicted molar refractivity (Wildman–Crippen MR) is 129 cm³/mol. The Kier molecular flexibility index (Phi) is 6.47. The molecular formula is C26H24ClNO5. The number of H-pyrrole nitrogens is 1. The summed E-state index contributed by atoms with van der Waals surface area (Å²) in [7, 11) is 3.11. The number of rotatable bonds is 8. The fourth-order valence-electron chi connectivity index (χ4n) is 3.91. The van der Waals surface area contributed by atoms with Gasteiger partial charge in [-0.25, -0.2) is 0 Å². The summed E-state index contributed by atoms with van der Waals surface area (Å²) < 4.78 is 17.3. The van der Waals surface area contributed by atoms with Crippen LogP contribution in [0.25, 0.3) is 22.2 Å². The van der Waals surface area contributed by atoms with E-state index in [-0.39, 0.29) is 6.42 Å². The van der Waals surface area contributed by atoms with Crippen molar-refractivity contribution in [3.8, 4) is 28.5 Å².